The van der Waals surface area contributed by atoms with Gasteiger partial charge in [-0.15, -0.1) is 0 Å². The van der Waals surface area contributed by atoms with Gasteiger partial charge in [0.1, 0.15) is 11.6 Å². The van der Waals surface area contributed by atoms with Gasteiger partial charge in [-0.25, -0.2) is 0 Å². The first-order valence-corrected chi connectivity index (χ1v) is 13.0. The van der Waals surface area contributed by atoms with E-state index in [0.29, 0.717) is 46.9 Å². The molecule has 5 rings (SSSR count). The minimum absolute atomic E-state index is 0.00570. The fourth-order valence-corrected chi connectivity index (χ4v) is 6.04. The maximum Gasteiger partial charge on any atom is 0.203 e. The summed E-state index contributed by atoms with van der Waals surface area (Å²) in [4.78, 5) is 15.8. The van der Waals surface area contributed by atoms with E-state index < -0.39 is 5.92 Å². The molecule has 0 amide bonds. The van der Waals surface area contributed by atoms with Crippen molar-refractivity contribution >= 4 is 22.2 Å². The second kappa shape index (κ2) is 10.2. The molecule has 40 heavy (non-hydrogen) atoms. The Balaban J connectivity index is 1.83. The molecule has 2 aliphatic rings. The monoisotopic (exact) mass is 539 g/mol. The lowest BCUT2D eigenvalue weighted by Crippen LogP contribution is -2.42. The molecule has 1 unspecified atom stereocenters. The van der Waals surface area contributed by atoms with Gasteiger partial charge < -0.3 is 24.7 Å². The van der Waals surface area contributed by atoms with Gasteiger partial charge in [0.15, 0.2) is 17.3 Å². The number of nitriles is 1. The maximum atomic E-state index is 14.0. The van der Waals surface area contributed by atoms with Crippen LogP contribution in [0.3, 0.4) is 0 Å². The van der Waals surface area contributed by atoms with E-state index in [0.717, 1.165) is 27.8 Å². The Morgan fingerprint density at radius 2 is 1.52 bits per heavy atom. The number of nitrogens with zero attached hydrogens (tertiary/aromatic N) is 2. The number of methoxy groups -OCH3 is 4. The molecule has 0 fully saturated rings. The largest absolute Gasteiger partial charge is 0.496 e. The Labute approximate surface area is 234 Å². The molecular weight excluding hydrogens is 506 g/mol. The van der Waals surface area contributed by atoms with E-state index in [9.17, 15) is 10.1 Å². The Hall–Kier alpha value is -4.64. The third kappa shape index (κ3) is 4.19. The summed E-state index contributed by atoms with van der Waals surface area (Å²) in [5, 5.41) is 12.4. The number of carbonyl (C=O) groups is 1. The van der Waals surface area contributed by atoms with Crippen molar-refractivity contribution < 1.29 is 23.7 Å². The van der Waals surface area contributed by atoms with Gasteiger partial charge in [0.2, 0.25) is 5.75 Å². The molecule has 1 aliphatic heterocycles. The van der Waals surface area contributed by atoms with Crippen LogP contribution in [0, 0.1) is 16.7 Å². The van der Waals surface area contributed by atoms with Crippen molar-refractivity contribution in [3.05, 3.63) is 76.8 Å². The van der Waals surface area contributed by atoms with Gasteiger partial charge in [-0.3, -0.25) is 9.69 Å². The molecule has 0 aromatic heterocycles. The van der Waals surface area contributed by atoms with Crippen LogP contribution in [-0.2, 0) is 4.79 Å². The Morgan fingerprint density at radius 1 is 0.900 bits per heavy atom. The van der Waals surface area contributed by atoms with Crippen LogP contribution < -0.4 is 29.6 Å². The standard InChI is InChI=1S/C32H33N3O5/c1-32(2)15-23-29(24(36)16-32)28(21-11-12-25(37-3)20-10-8-7-9-19(20)21)22(17-33)31(34)35(23)18-13-26(38-4)30(40-6)27(14-18)39-5/h7-14,28H,15-16,34H2,1-6H3. The first-order chi connectivity index (χ1) is 19.2. The fourth-order valence-electron chi connectivity index (χ4n) is 6.04. The Bertz CT molecular complexity index is 1600. The van der Waals surface area contributed by atoms with Crippen LogP contribution in [0.4, 0.5) is 5.69 Å². The predicted molar refractivity (Wildman–Crippen MR) is 154 cm³/mol. The molecule has 206 valence electrons. The number of carbonyl (C=O) groups excluding carboxylic acids is 1. The molecule has 3 aromatic rings. The van der Waals surface area contributed by atoms with Gasteiger partial charge >= 0.3 is 0 Å². The van der Waals surface area contributed by atoms with E-state index in [-0.39, 0.29) is 17.0 Å². The van der Waals surface area contributed by atoms with Crippen LogP contribution in [0.2, 0.25) is 0 Å². The molecule has 3 aromatic carbocycles. The zero-order valence-electron chi connectivity index (χ0n) is 23.6. The smallest absolute Gasteiger partial charge is 0.203 e. The molecule has 8 heteroatoms. The summed E-state index contributed by atoms with van der Waals surface area (Å²) in [5.74, 6) is 1.66. The number of rotatable bonds is 6. The van der Waals surface area contributed by atoms with Crippen molar-refractivity contribution in [1.82, 2.24) is 0 Å². The highest BCUT2D eigenvalue weighted by Crippen LogP contribution is 2.53. The molecule has 8 nitrogen and oxygen atoms in total. The Kier molecular flexibility index (Phi) is 6.84. The van der Waals surface area contributed by atoms with Crippen LogP contribution in [0.25, 0.3) is 10.8 Å². The molecule has 0 saturated carbocycles. The lowest BCUT2D eigenvalue weighted by Gasteiger charge is -2.44. The van der Waals surface area contributed by atoms with Crippen LogP contribution in [-0.4, -0.2) is 34.2 Å². The van der Waals surface area contributed by atoms with Crippen molar-refractivity contribution in [2.24, 2.45) is 11.1 Å². The van der Waals surface area contributed by atoms with Gasteiger partial charge in [0.05, 0.1) is 51.7 Å². The number of hydrogen-bond acceptors (Lipinski definition) is 8. The first kappa shape index (κ1) is 26.9. The van der Waals surface area contributed by atoms with E-state index >= 15 is 0 Å². The van der Waals surface area contributed by atoms with Crippen molar-refractivity contribution in [2.45, 2.75) is 32.6 Å². The number of ether oxygens (including phenoxy) is 4. The first-order valence-electron chi connectivity index (χ1n) is 13.0. The van der Waals surface area contributed by atoms with Gasteiger partial charge in [-0.2, -0.15) is 5.26 Å². The number of ketones is 1. The SMILES string of the molecule is COc1cc(N2C(N)=C(C#N)C(c3ccc(OC)c4ccccc34)C3=C2CC(C)(C)CC3=O)cc(OC)c1OC. The van der Waals surface area contributed by atoms with Gasteiger partial charge in [0, 0.05) is 35.2 Å². The number of benzene rings is 3. The van der Waals surface area contributed by atoms with Crippen molar-refractivity contribution in [3.63, 3.8) is 0 Å². The van der Waals surface area contributed by atoms with Crippen molar-refractivity contribution in [3.8, 4) is 29.1 Å². The zero-order chi connectivity index (χ0) is 28.8. The number of Topliss-reactive ketones (excluding diaryl/α,β-unsaturated/α-hetero) is 1. The highest BCUT2D eigenvalue weighted by atomic mass is 16.5. The van der Waals surface area contributed by atoms with E-state index in [4.69, 9.17) is 24.7 Å². The second-order valence-corrected chi connectivity index (χ2v) is 10.8. The summed E-state index contributed by atoms with van der Waals surface area (Å²) in [6.07, 6.45) is 0.937. The highest BCUT2D eigenvalue weighted by Gasteiger charge is 2.45. The number of nitrogens with two attached hydrogens (primary N) is 1. The van der Waals surface area contributed by atoms with E-state index in [1.807, 2.05) is 36.4 Å². The van der Waals surface area contributed by atoms with E-state index in [1.165, 1.54) is 7.11 Å². The number of hydrogen-bond donors (Lipinski definition) is 1. The topological polar surface area (TPSA) is 107 Å². The molecule has 1 heterocycles. The second-order valence-electron chi connectivity index (χ2n) is 10.8. The predicted octanol–water partition coefficient (Wildman–Crippen LogP) is 5.82. The third-order valence-electron chi connectivity index (χ3n) is 7.74. The fraction of sp³-hybridized carbons (Fsp3) is 0.312. The third-order valence-corrected chi connectivity index (χ3v) is 7.74. The molecule has 0 saturated heterocycles. The maximum absolute atomic E-state index is 14.0. The van der Waals surface area contributed by atoms with E-state index in [1.54, 1.807) is 38.4 Å². The van der Waals surface area contributed by atoms with Crippen molar-refractivity contribution in [2.75, 3.05) is 33.3 Å². The summed E-state index contributed by atoms with van der Waals surface area (Å²) in [5.41, 5.74) is 9.66. The lowest BCUT2D eigenvalue weighted by atomic mass is 9.68. The highest BCUT2D eigenvalue weighted by molar-refractivity contribution is 6.03. The average Bonchev–Trinajstić information content (AvgIpc) is 2.94. The van der Waals surface area contributed by atoms with Crippen LogP contribution in [0.1, 0.15) is 38.2 Å². The normalized spacial score (nSPS) is 18.4. The van der Waals surface area contributed by atoms with Gasteiger partial charge in [-0.05, 0) is 28.9 Å². The van der Waals surface area contributed by atoms with Crippen LogP contribution >= 0.6 is 0 Å². The summed E-state index contributed by atoms with van der Waals surface area (Å²) in [7, 11) is 6.25. The van der Waals surface area contributed by atoms with E-state index in [2.05, 4.69) is 19.9 Å². The summed E-state index contributed by atoms with van der Waals surface area (Å²) >= 11 is 0. The quantitative estimate of drug-likeness (QED) is 0.418. The average molecular weight is 540 g/mol. The minimum Gasteiger partial charge on any atom is -0.496 e. The van der Waals surface area contributed by atoms with Crippen LogP contribution in [0.15, 0.2) is 71.2 Å². The molecular formula is C32H33N3O5. The molecule has 1 atom stereocenters. The molecule has 0 radical (unpaired) electrons. The van der Waals surface area contributed by atoms with Gasteiger partial charge in [0.25, 0.3) is 0 Å². The Morgan fingerprint density at radius 3 is 2.10 bits per heavy atom. The van der Waals surface area contributed by atoms with Crippen LogP contribution in [0.5, 0.6) is 23.0 Å². The summed E-state index contributed by atoms with van der Waals surface area (Å²) < 4.78 is 22.4. The molecule has 2 N–H and O–H groups in total. The molecule has 0 spiro atoms. The minimum atomic E-state index is -0.627. The van der Waals surface area contributed by atoms with Crippen molar-refractivity contribution in [1.29, 1.82) is 5.26 Å². The number of anilines is 1. The number of fused-ring (bicyclic) bond motifs is 1. The van der Waals surface area contributed by atoms with Gasteiger partial charge in [-0.1, -0.05) is 44.2 Å². The number of allylic oxidation sites excluding steroid dienone is 3. The summed E-state index contributed by atoms with van der Waals surface area (Å²) in [6, 6.07) is 17.6. The summed E-state index contributed by atoms with van der Waals surface area (Å²) in [6.45, 7) is 4.14. The molecule has 1 aliphatic carbocycles. The zero-order valence-corrected chi connectivity index (χ0v) is 23.6. The lowest BCUT2D eigenvalue weighted by molar-refractivity contribution is -0.118. The molecule has 0 bridgehead atoms.